The van der Waals surface area contributed by atoms with Gasteiger partial charge in [0, 0.05) is 12.8 Å². The molecule has 1 aliphatic rings. The molecule has 0 aromatic carbocycles. The van der Waals surface area contributed by atoms with Crippen LogP contribution in [0.5, 0.6) is 0 Å². The monoisotopic (exact) mass is 179 g/mol. The van der Waals surface area contributed by atoms with Crippen LogP contribution in [-0.2, 0) is 4.84 Å². The maximum absolute atomic E-state index is 10.5. The molecule has 5 N–H and O–H groups in total. The van der Waals surface area contributed by atoms with Crippen molar-refractivity contribution in [2.24, 2.45) is 5.84 Å². The SMILES string of the molecule is N[NH+]([O-])OC1CCC([NH+]([O-])O)C1. The maximum Gasteiger partial charge on any atom is 0.126 e. The largest absolute Gasteiger partial charge is 0.600 e. The van der Waals surface area contributed by atoms with E-state index in [2.05, 4.69) is 4.84 Å². The van der Waals surface area contributed by atoms with Crippen molar-refractivity contribution in [3.05, 3.63) is 10.4 Å². The second-order valence-corrected chi connectivity index (χ2v) is 2.91. The summed E-state index contributed by atoms with van der Waals surface area (Å²) >= 11 is 0. The van der Waals surface area contributed by atoms with Crippen LogP contribution in [-0.4, -0.2) is 17.4 Å². The highest BCUT2D eigenvalue weighted by atomic mass is 16.9. The van der Waals surface area contributed by atoms with Crippen LogP contribution in [0, 0.1) is 10.4 Å². The fraction of sp³-hybridized carbons (Fsp3) is 1.00. The van der Waals surface area contributed by atoms with Gasteiger partial charge in [-0.2, -0.15) is 4.84 Å². The quantitative estimate of drug-likeness (QED) is 0.270. The van der Waals surface area contributed by atoms with Crippen molar-refractivity contribution in [3.8, 4) is 0 Å². The summed E-state index contributed by atoms with van der Waals surface area (Å²) in [4.78, 5) is 4.67. The molecule has 0 spiro atoms. The summed E-state index contributed by atoms with van der Waals surface area (Å²) in [6.45, 7) is 0. The topological polar surface area (TPSA) is 110 Å². The Labute approximate surface area is 69.3 Å². The van der Waals surface area contributed by atoms with Gasteiger partial charge in [-0.1, -0.05) is 0 Å². The Morgan fingerprint density at radius 1 is 1.42 bits per heavy atom. The van der Waals surface area contributed by atoms with E-state index in [0.717, 1.165) is 0 Å². The molecular formula is C5H13N3O4. The molecule has 0 radical (unpaired) electrons. The summed E-state index contributed by atoms with van der Waals surface area (Å²) in [5.74, 6) is 4.79. The molecule has 0 aromatic heterocycles. The average molecular weight is 179 g/mol. The fourth-order valence-electron chi connectivity index (χ4n) is 1.44. The van der Waals surface area contributed by atoms with E-state index < -0.39 is 10.6 Å². The van der Waals surface area contributed by atoms with Crippen LogP contribution >= 0.6 is 0 Å². The predicted octanol–water partition coefficient (Wildman–Crippen LogP) is -3.13. The van der Waals surface area contributed by atoms with Gasteiger partial charge in [0.25, 0.3) is 0 Å². The molecule has 0 aliphatic heterocycles. The lowest BCUT2D eigenvalue weighted by Crippen LogP contribution is -3.13. The second kappa shape index (κ2) is 4.10. The minimum absolute atomic E-state index is 0.302. The summed E-state index contributed by atoms with van der Waals surface area (Å²) < 4.78 is 0. The molecule has 12 heavy (non-hydrogen) atoms. The zero-order valence-electron chi connectivity index (χ0n) is 6.53. The molecule has 1 fully saturated rings. The zero-order chi connectivity index (χ0) is 9.14. The molecule has 0 amide bonds. The minimum atomic E-state index is -0.828. The molecule has 0 saturated heterocycles. The summed E-state index contributed by atoms with van der Waals surface area (Å²) in [5.41, 5.74) is 0. The van der Waals surface area contributed by atoms with Crippen LogP contribution in [0.3, 0.4) is 0 Å². The molecule has 0 heterocycles. The van der Waals surface area contributed by atoms with Crippen molar-refractivity contribution in [1.82, 2.24) is 0 Å². The van der Waals surface area contributed by atoms with E-state index in [0.29, 0.717) is 19.3 Å². The summed E-state index contributed by atoms with van der Waals surface area (Å²) in [7, 11) is 0. The molecule has 0 bridgehead atoms. The van der Waals surface area contributed by atoms with E-state index >= 15 is 0 Å². The van der Waals surface area contributed by atoms with E-state index in [1.165, 1.54) is 0 Å². The van der Waals surface area contributed by atoms with Crippen LogP contribution < -0.4 is 16.4 Å². The fourth-order valence-corrected chi connectivity index (χ4v) is 1.44. The first-order chi connectivity index (χ1) is 5.59. The van der Waals surface area contributed by atoms with Crippen molar-refractivity contribution in [1.29, 1.82) is 0 Å². The molecule has 1 rings (SSSR count). The summed E-state index contributed by atoms with van der Waals surface area (Å²) in [6, 6.07) is -0.380. The van der Waals surface area contributed by atoms with Crippen LogP contribution in [0.15, 0.2) is 0 Å². The molecule has 7 heteroatoms. The molecule has 7 nitrogen and oxygen atoms in total. The smallest absolute Gasteiger partial charge is 0.126 e. The number of nitrogens with two attached hydrogens (primary N) is 1. The highest BCUT2D eigenvalue weighted by Crippen LogP contribution is 2.18. The van der Waals surface area contributed by atoms with Crippen LogP contribution in [0.1, 0.15) is 19.3 Å². The lowest BCUT2D eigenvalue weighted by atomic mass is 10.3. The Kier molecular flexibility index (Phi) is 3.35. The van der Waals surface area contributed by atoms with Crippen LogP contribution in [0.4, 0.5) is 0 Å². The number of hydrogen-bond acceptors (Lipinski definition) is 5. The van der Waals surface area contributed by atoms with Crippen LogP contribution in [0.2, 0.25) is 0 Å². The molecule has 1 aliphatic carbocycles. The Balaban J connectivity index is 2.26. The van der Waals surface area contributed by atoms with Gasteiger partial charge < -0.3 is 10.4 Å². The van der Waals surface area contributed by atoms with Gasteiger partial charge in [0.2, 0.25) is 0 Å². The highest BCUT2D eigenvalue weighted by Gasteiger charge is 2.31. The van der Waals surface area contributed by atoms with E-state index in [1.807, 2.05) is 0 Å². The standard InChI is InChI=1S/C5H13N3O4/c6-8(11)12-5-2-1-4(3-5)7(9)10/h4-5,7-9H,1-3,6H2. The van der Waals surface area contributed by atoms with Gasteiger partial charge in [-0.15, -0.1) is 11.2 Å². The Hall–Kier alpha value is -0.280. The molecule has 4 unspecified atom stereocenters. The van der Waals surface area contributed by atoms with Gasteiger partial charge in [-0.05, 0) is 6.42 Å². The van der Waals surface area contributed by atoms with E-state index in [4.69, 9.17) is 11.0 Å². The third-order valence-corrected chi connectivity index (χ3v) is 2.02. The van der Waals surface area contributed by atoms with Gasteiger partial charge in [-0.3, -0.25) is 0 Å². The normalized spacial score (nSPS) is 35.0. The minimum Gasteiger partial charge on any atom is -0.600 e. The van der Waals surface area contributed by atoms with Crippen molar-refractivity contribution in [2.75, 3.05) is 0 Å². The average Bonchev–Trinajstić information content (AvgIpc) is 2.34. The number of nitrogens with one attached hydrogen (secondary N) is 2. The lowest BCUT2D eigenvalue weighted by molar-refractivity contribution is -1.07. The number of hydrogen-bond donors (Lipinski definition) is 4. The van der Waals surface area contributed by atoms with E-state index in [9.17, 15) is 10.4 Å². The lowest BCUT2D eigenvalue weighted by Gasteiger charge is -2.20. The second-order valence-electron chi connectivity index (χ2n) is 2.91. The maximum atomic E-state index is 10.5. The third kappa shape index (κ3) is 2.64. The first-order valence-corrected chi connectivity index (χ1v) is 3.78. The van der Waals surface area contributed by atoms with Crippen molar-refractivity contribution >= 4 is 0 Å². The number of hydroxylamine groups is 2. The highest BCUT2D eigenvalue weighted by molar-refractivity contribution is 4.73. The van der Waals surface area contributed by atoms with Gasteiger partial charge in [0.1, 0.15) is 12.1 Å². The van der Waals surface area contributed by atoms with Gasteiger partial charge in [-0.25, -0.2) is 10.4 Å². The molecule has 1 saturated carbocycles. The van der Waals surface area contributed by atoms with Crippen molar-refractivity contribution < 1.29 is 20.6 Å². The van der Waals surface area contributed by atoms with Crippen molar-refractivity contribution in [3.63, 3.8) is 0 Å². The van der Waals surface area contributed by atoms with Gasteiger partial charge >= 0.3 is 0 Å². The van der Waals surface area contributed by atoms with E-state index in [-0.39, 0.29) is 12.1 Å². The number of rotatable bonds is 3. The Morgan fingerprint density at radius 2 is 2.08 bits per heavy atom. The van der Waals surface area contributed by atoms with Crippen LogP contribution in [0.25, 0.3) is 0 Å². The predicted molar refractivity (Wildman–Crippen MR) is 37.1 cm³/mol. The Bertz CT molecular complexity index is 143. The molecular weight excluding hydrogens is 166 g/mol. The first-order valence-electron chi connectivity index (χ1n) is 3.78. The molecule has 4 atom stereocenters. The van der Waals surface area contributed by atoms with Gasteiger partial charge in [0.05, 0.1) is 0 Å². The Morgan fingerprint density at radius 3 is 2.50 bits per heavy atom. The molecule has 0 aromatic rings. The van der Waals surface area contributed by atoms with E-state index in [1.54, 1.807) is 0 Å². The van der Waals surface area contributed by atoms with Crippen molar-refractivity contribution in [2.45, 2.75) is 31.4 Å². The summed E-state index contributed by atoms with van der Waals surface area (Å²) in [6.07, 6.45) is 1.24. The number of quaternary nitrogens is 2. The third-order valence-electron chi connectivity index (χ3n) is 2.02. The molecule has 72 valence electrons. The first kappa shape index (κ1) is 9.81. The summed E-state index contributed by atoms with van der Waals surface area (Å²) in [5, 5.41) is 27.7. The zero-order valence-corrected chi connectivity index (χ0v) is 6.53. The van der Waals surface area contributed by atoms with Gasteiger partial charge in [0.15, 0.2) is 0 Å².